The molecule has 2 nitrogen and oxygen atoms in total. The number of carbonyl (C=O) groups is 1. The van der Waals surface area contributed by atoms with E-state index in [1.807, 2.05) is 6.92 Å². The molecule has 0 spiro atoms. The Morgan fingerprint density at radius 1 is 1.57 bits per heavy atom. The van der Waals surface area contributed by atoms with E-state index in [1.54, 1.807) is 6.07 Å². The van der Waals surface area contributed by atoms with Gasteiger partial charge in [0.05, 0.1) is 5.56 Å². The maximum Gasteiger partial charge on any atom is 0.164 e. The normalized spacial score (nSPS) is 9.50. The van der Waals surface area contributed by atoms with Crippen molar-refractivity contribution in [2.75, 3.05) is 0 Å². The second kappa shape index (κ2) is 4.52. The summed E-state index contributed by atoms with van der Waals surface area (Å²) in [6.45, 7) is 1.86. The van der Waals surface area contributed by atoms with Gasteiger partial charge in [-0.15, -0.1) is 0 Å². The van der Waals surface area contributed by atoms with Crippen molar-refractivity contribution in [2.45, 2.75) is 19.8 Å². The Labute approximate surface area is 82.0 Å². The number of hydrogen-bond acceptors (Lipinski definition) is 2. The number of benzene rings is 1. The Hall–Kier alpha value is -1.69. The first-order valence-electron chi connectivity index (χ1n) is 4.42. The zero-order valence-electron chi connectivity index (χ0n) is 7.88. The molecule has 0 aliphatic heterocycles. The van der Waals surface area contributed by atoms with E-state index in [0.29, 0.717) is 12.8 Å². The molecular weight excluding hydrogens is 181 g/mol. The van der Waals surface area contributed by atoms with Gasteiger partial charge in [0.25, 0.3) is 0 Å². The molecule has 1 rings (SSSR count). The molecule has 0 unspecified atom stereocenters. The van der Waals surface area contributed by atoms with Gasteiger partial charge in [-0.05, 0) is 18.6 Å². The molecule has 72 valence electrons. The molecule has 0 N–H and O–H groups in total. The minimum Gasteiger partial charge on any atom is -0.294 e. The summed E-state index contributed by atoms with van der Waals surface area (Å²) in [6, 6.07) is 5.82. The molecule has 0 fully saturated rings. The highest BCUT2D eigenvalue weighted by Gasteiger charge is 2.13. The van der Waals surface area contributed by atoms with E-state index in [0.717, 1.165) is 0 Å². The minimum absolute atomic E-state index is 0.147. The van der Waals surface area contributed by atoms with Crippen molar-refractivity contribution in [3.8, 4) is 6.07 Å². The second-order valence-corrected chi connectivity index (χ2v) is 2.95. The largest absolute Gasteiger partial charge is 0.294 e. The fraction of sp³-hybridized carbons (Fsp3) is 0.273. The van der Waals surface area contributed by atoms with Gasteiger partial charge in [0.15, 0.2) is 5.78 Å². The number of nitrogens with zero attached hydrogens (tertiary/aromatic N) is 1. The van der Waals surface area contributed by atoms with E-state index in [1.165, 1.54) is 18.2 Å². The van der Waals surface area contributed by atoms with Crippen molar-refractivity contribution >= 4 is 5.78 Å². The number of hydrogen-bond donors (Lipinski definition) is 0. The van der Waals surface area contributed by atoms with E-state index in [9.17, 15) is 9.18 Å². The molecular formula is C11H10FNO. The van der Waals surface area contributed by atoms with Gasteiger partial charge in [0, 0.05) is 12.0 Å². The van der Waals surface area contributed by atoms with Crippen LogP contribution in [0, 0.1) is 17.1 Å². The Kier molecular flexibility index (Phi) is 3.35. The van der Waals surface area contributed by atoms with Crippen molar-refractivity contribution in [2.24, 2.45) is 0 Å². The Balaban J connectivity index is 3.15. The zero-order valence-corrected chi connectivity index (χ0v) is 7.88. The van der Waals surface area contributed by atoms with E-state index in [-0.39, 0.29) is 16.9 Å². The SMILES string of the molecule is CCCC(=O)c1cccc(F)c1C#N. The monoisotopic (exact) mass is 191 g/mol. The summed E-state index contributed by atoms with van der Waals surface area (Å²) in [7, 11) is 0. The standard InChI is InChI=1S/C11H10FNO/c1-2-4-11(14)8-5-3-6-10(12)9(8)7-13/h3,5-6H,2,4H2,1H3. The van der Waals surface area contributed by atoms with Crippen LogP contribution in [0.2, 0.25) is 0 Å². The maximum absolute atomic E-state index is 13.1. The highest BCUT2D eigenvalue weighted by atomic mass is 19.1. The first kappa shape index (κ1) is 10.4. The molecule has 0 amide bonds. The van der Waals surface area contributed by atoms with Gasteiger partial charge < -0.3 is 0 Å². The van der Waals surface area contributed by atoms with Crippen LogP contribution in [0.25, 0.3) is 0 Å². The number of halogens is 1. The van der Waals surface area contributed by atoms with Crippen LogP contribution in [0.5, 0.6) is 0 Å². The summed E-state index contributed by atoms with van der Waals surface area (Å²) in [6.07, 6.45) is 1.04. The van der Waals surface area contributed by atoms with Crippen molar-refractivity contribution < 1.29 is 9.18 Å². The third kappa shape index (κ3) is 1.97. The van der Waals surface area contributed by atoms with E-state index in [4.69, 9.17) is 5.26 Å². The zero-order chi connectivity index (χ0) is 10.6. The quantitative estimate of drug-likeness (QED) is 0.689. The predicted octanol–water partition coefficient (Wildman–Crippen LogP) is 2.68. The van der Waals surface area contributed by atoms with Crippen molar-refractivity contribution in [1.29, 1.82) is 5.26 Å². The molecule has 0 aliphatic rings. The molecule has 0 aromatic heterocycles. The van der Waals surface area contributed by atoms with E-state index in [2.05, 4.69) is 0 Å². The summed E-state index contributed by atoms with van der Waals surface area (Å²) < 4.78 is 13.1. The average Bonchev–Trinajstić information content (AvgIpc) is 2.17. The fourth-order valence-electron chi connectivity index (χ4n) is 1.23. The Morgan fingerprint density at radius 2 is 2.29 bits per heavy atom. The van der Waals surface area contributed by atoms with Crippen LogP contribution in [0.3, 0.4) is 0 Å². The van der Waals surface area contributed by atoms with Gasteiger partial charge in [-0.2, -0.15) is 5.26 Å². The third-order valence-electron chi connectivity index (χ3n) is 1.90. The number of ketones is 1. The van der Waals surface area contributed by atoms with Crippen LogP contribution >= 0.6 is 0 Å². The van der Waals surface area contributed by atoms with Gasteiger partial charge >= 0.3 is 0 Å². The second-order valence-electron chi connectivity index (χ2n) is 2.95. The van der Waals surface area contributed by atoms with Crippen LogP contribution in [0.1, 0.15) is 35.7 Å². The lowest BCUT2D eigenvalue weighted by Crippen LogP contribution is -2.03. The molecule has 0 saturated carbocycles. The van der Waals surface area contributed by atoms with Gasteiger partial charge in [0.2, 0.25) is 0 Å². The van der Waals surface area contributed by atoms with E-state index >= 15 is 0 Å². The lowest BCUT2D eigenvalue weighted by atomic mass is 10.0. The lowest BCUT2D eigenvalue weighted by molar-refractivity contribution is 0.0981. The van der Waals surface area contributed by atoms with Crippen LogP contribution < -0.4 is 0 Å². The Morgan fingerprint density at radius 3 is 2.86 bits per heavy atom. The van der Waals surface area contributed by atoms with Gasteiger partial charge in [-0.1, -0.05) is 13.0 Å². The highest BCUT2D eigenvalue weighted by molar-refractivity contribution is 5.98. The molecule has 0 heterocycles. The van der Waals surface area contributed by atoms with Crippen LogP contribution in [-0.4, -0.2) is 5.78 Å². The maximum atomic E-state index is 13.1. The molecule has 0 aliphatic carbocycles. The van der Waals surface area contributed by atoms with Crippen molar-refractivity contribution in [3.63, 3.8) is 0 Å². The summed E-state index contributed by atoms with van der Waals surface area (Å²) in [4.78, 5) is 11.5. The number of nitriles is 1. The highest BCUT2D eigenvalue weighted by Crippen LogP contribution is 2.14. The van der Waals surface area contributed by atoms with Gasteiger partial charge in [-0.25, -0.2) is 4.39 Å². The smallest absolute Gasteiger partial charge is 0.164 e. The first-order chi connectivity index (χ1) is 6.70. The number of Topliss-reactive ketones (excluding diaryl/α,β-unsaturated/α-hetero) is 1. The molecule has 14 heavy (non-hydrogen) atoms. The number of rotatable bonds is 3. The average molecular weight is 191 g/mol. The molecule has 1 aromatic carbocycles. The summed E-state index contributed by atoms with van der Waals surface area (Å²) in [5.41, 5.74) is 0.0419. The summed E-state index contributed by atoms with van der Waals surface area (Å²) in [5.74, 6) is -0.807. The van der Waals surface area contributed by atoms with Gasteiger partial charge in [-0.3, -0.25) is 4.79 Å². The molecule has 0 radical (unpaired) electrons. The summed E-state index contributed by atoms with van der Waals surface area (Å²) in [5, 5.41) is 8.67. The van der Waals surface area contributed by atoms with Crippen LogP contribution in [0.15, 0.2) is 18.2 Å². The number of carbonyl (C=O) groups excluding carboxylic acids is 1. The van der Waals surface area contributed by atoms with Crippen LogP contribution in [0.4, 0.5) is 4.39 Å². The van der Waals surface area contributed by atoms with Gasteiger partial charge in [0.1, 0.15) is 11.9 Å². The third-order valence-corrected chi connectivity index (χ3v) is 1.90. The molecule has 0 atom stereocenters. The predicted molar refractivity (Wildman–Crippen MR) is 50.4 cm³/mol. The first-order valence-corrected chi connectivity index (χ1v) is 4.42. The van der Waals surface area contributed by atoms with Crippen molar-refractivity contribution in [1.82, 2.24) is 0 Å². The Bertz CT molecular complexity index is 393. The molecule has 0 saturated heterocycles. The minimum atomic E-state index is -0.630. The van der Waals surface area contributed by atoms with Crippen LogP contribution in [-0.2, 0) is 0 Å². The lowest BCUT2D eigenvalue weighted by Gasteiger charge is -2.01. The molecule has 1 aromatic rings. The molecule has 3 heteroatoms. The topological polar surface area (TPSA) is 40.9 Å². The molecule has 0 bridgehead atoms. The fourth-order valence-corrected chi connectivity index (χ4v) is 1.23. The van der Waals surface area contributed by atoms with E-state index < -0.39 is 5.82 Å². The van der Waals surface area contributed by atoms with Crippen molar-refractivity contribution in [3.05, 3.63) is 35.1 Å². The summed E-state index contributed by atoms with van der Waals surface area (Å²) >= 11 is 0.